The second-order valence-electron chi connectivity index (χ2n) is 3.77. The van der Waals surface area contributed by atoms with Crippen LogP contribution < -0.4 is 10.6 Å². The number of amides is 1. The highest BCUT2D eigenvalue weighted by molar-refractivity contribution is 5.92. The van der Waals surface area contributed by atoms with Crippen molar-refractivity contribution in [1.82, 2.24) is 15.6 Å². The molecule has 0 aromatic carbocycles. The van der Waals surface area contributed by atoms with Crippen molar-refractivity contribution in [1.29, 1.82) is 0 Å². The van der Waals surface area contributed by atoms with Crippen LogP contribution in [-0.4, -0.2) is 30.0 Å². The highest BCUT2D eigenvalue weighted by Crippen LogP contribution is 2.04. The number of carbonyl (C=O) groups excluding carboxylic acids is 1. The average Bonchev–Trinajstić information content (AvgIpc) is 2.66. The summed E-state index contributed by atoms with van der Waals surface area (Å²) in [6.07, 6.45) is 3.51. The molecule has 1 unspecified atom stereocenters. The summed E-state index contributed by atoms with van der Waals surface area (Å²) in [5, 5.41) is 6.16. The molecule has 1 atom stereocenters. The third kappa shape index (κ3) is 2.56. The van der Waals surface area contributed by atoms with E-state index in [1.807, 2.05) is 0 Å². The summed E-state index contributed by atoms with van der Waals surface area (Å²) >= 11 is 0. The molecular formula is C10H15N3O2. The lowest BCUT2D eigenvalue weighted by Gasteiger charge is -2.23. The Kier molecular flexibility index (Phi) is 3.01. The van der Waals surface area contributed by atoms with Crippen LogP contribution in [0.2, 0.25) is 0 Å². The first-order valence-electron chi connectivity index (χ1n) is 5.19. The minimum atomic E-state index is -0.152. The smallest absolute Gasteiger partial charge is 0.273 e. The quantitative estimate of drug-likeness (QED) is 0.742. The first-order chi connectivity index (χ1) is 7.25. The minimum Gasteiger partial charge on any atom is -0.448 e. The molecule has 0 saturated carbocycles. The summed E-state index contributed by atoms with van der Waals surface area (Å²) in [5.74, 6) is 0.363. The van der Waals surface area contributed by atoms with Crippen molar-refractivity contribution < 1.29 is 9.21 Å². The van der Waals surface area contributed by atoms with E-state index in [0.29, 0.717) is 11.6 Å². The largest absolute Gasteiger partial charge is 0.448 e. The van der Waals surface area contributed by atoms with Gasteiger partial charge in [0.2, 0.25) is 0 Å². The predicted octanol–water partition coefficient (Wildman–Crippen LogP) is 0.465. The molecule has 1 fully saturated rings. The lowest BCUT2D eigenvalue weighted by molar-refractivity contribution is 0.0925. The summed E-state index contributed by atoms with van der Waals surface area (Å²) in [6.45, 7) is 3.59. The van der Waals surface area contributed by atoms with Gasteiger partial charge in [0.1, 0.15) is 6.26 Å². The van der Waals surface area contributed by atoms with E-state index in [-0.39, 0.29) is 11.9 Å². The van der Waals surface area contributed by atoms with E-state index in [9.17, 15) is 4.79 Å². The van der Waals surface area contributed by atoms with Crippen molar-refractivity contribution in [3.63, 3.8) is 0 Å². The van der Waals surface area contributed by atoms with Gasteiger partial charge in [0.05, 0.1) is 0 Å². The Hall–Kier alpha value is -1.36. The van der Waals surface area contributed by atoms with Gasteiger partial charge in [0.15, 0.2) is 11.6 Å². The molecule has 1 aromatic heterocycles. The summed E-state index contributed by atoms with van der Waals surface area (Å²) in [4.78, 5) is 15.6. The van der Waals surface area contributed by atoms with Gasteiger partial charge in [-0.1, -0.05) is 0 Å². The van der Waals surface area contributed by atoms with Crippen molar-refractivity contribution in [2.45, 2.75) is 25.8 Å². The van der Waals surface area contributed by atoms with Crippen molar-refractivity contribution in [3.8, 4) is 0 Å². The molecule has 1 aliphatic rings. The predicted molar refractivity (Wildman–Crippen MR) is 54.6 cm³/mol. The Bertz CT molecular complexity index is 342. The minimum absolute atomic E-state index is 0.152. The number of aromatic nitrogens is 1. The van der Waals surface area contributed by atoms with Gasteiger partial charge in [0.25, 0.3) is 5.91 Å². The highest BCUT2D eigenvalue weighted by atomic mass is 16.3. The fraction of sp³-hybridized carbons (Fsp3) is 0.600. The number of hydrogen-bond donors (Lipinski definition) is 2. The van der Waals surface area contributed by atoms with Gasteiger partial charge in [-0.2, -0.15) is 0 Å². The molecule has 0 aliphatic carbocycles. The van der Waals surface area contributed by atoms with Crippen LogP contribution in [0, 0.1) is 6.92 Å². The van der Waals surface area contributed by atoms with Crippen molar-refractivity contribution >= 4 is 5.91 Å². The lowest BCUT2D eigenvalue weighted by atomic mass is 10.1. The maximum Gasteiger partial charge on any atom is 0.273 e. The van der Waals surface area contributed by atoms with Crippen LogP contribution in [0.4, 0.5) is 0 Å². The Balaban J connectivity index is 1.91. The highest BCUT2D eigenvalue weighted by Gasteiger charge is 2.17. The van der Waals surface area contributed by atoms with Crippen LogP contribution >= 0.6 is 0 Å². The summed E-state index contributed by atoms with van der Waals surface area (Å²) in [7, 11) is 0. The van der Waals surface area contributed by atoms with Gasteiger partial charge in [0, 0.05) is 19.5 Å². The van der Waals surface area contributed by atoms with Gasteiger partial charge < -0.3 is 15.1 Å². The molecule has 2 heterocycles. The molecule has 5 nitrogen and oxygen atoms in total. The fourth-order valence-corrected chi connectivity index (χ4v) is 1.70. The number of carbonyl (C=O) groups is 1. The lowest BCUT2D eigenvalue weighted by Crippen LogP contribution is -2.45. The Morgan fingerprint density at radius 2 is 2.60 bits per heavy atom. The van der Waals surface area contributed by atoms with E-state index in [0.717, 1.165) is 25.9 Å². The van der Waals surface area contributed by atoms with E-state index in [1.54, 1.807) is 6.92 Å². The van der Waals surface area contributed by atoms with Crippen LogP contribution in [0.15, 0.2) is 10.7 Å². The van der Waals surface area contributed by atoms with E-state index >= 15 is 0 Å². The summed E-state index contributed by atoms with van der Waals surface area (Å²) < 4.78 is 4.99. The Labute approximate surface area is 88.3 Å². The normalized spacial score (nSPS) is 21.3. The zero-order chi connectivity index (χ0) is 10.7. The second kappa shape index (κ2) is 4.44. The standard InChI is InChI=1S/C10H15N3O2/c1-7-12-9(6-15-7)10(14)13-8-3-2-4-11-5-8/h6,8,11H,2-5H2,1H3,(H,13,14). The number of piperidine rings is 1. The second-order valence-corrected chi connectivity index (χ2v) is 3.77. The molecule has 0 spiro atoms. The first-order valence-corrected chi connectivity index (χ1v) is 5.19. The molecule has 2 N–H and O–H groups in total. The third-order valence-electron chi connectivity index (χ3n) is 2.48. The van der Waals surface area contributed by atoms with Crippen molar-refractivity contribution in [2.75, 3.05) is 13.1 Å². The van der Waals surface area contributed by atoms with Crippen LogP contribution in [0.3, 0.4) is 0 Å². The maximum absolute atomic E-state index is 11.7. The molecule has 1 amide bonds. The van der Waals surface area contributed by atoms with Crippen LogP contribution in [-0.2, 0) is 0 Å². The first kappa shape index (κ1) is 10.2. The number of rotatable bonds is 2. The molecule has 0 radical (unpaired) electrons. The summed E-state index contributed by atoms with van der Waals surface area (Å²) in [5.41, 5.74) is 0.359. The Morgan fingerprint density at radius 1 is 1.73 bits per heavy atom. The third-order valence-corrected chi connectivity index (χ3v) is 2.48. The topological polar surface area (TPSA) is 67.2 Å². The number of nitrogens with zero attached hydrogens (tertiary/aromatic N) is 1. The van der Waals surface area contributed by atoms with E-state index in [1.165, 1.54) is 6.26 Å². The Morgan fingerprint density at radius 3 is 3.20 bits per heavy atom. The molecule has 1 saturated heterocycles. The van der Waals surface area contributed by atoms with Crippen LogP contribution in [0.1, 0.15) is 29.2 Å². The fourth-order valence-electron chi connectivity index (χ4n) is 1.70. The maximum atomic E-state index is 11.7. The summed E-state index contributed by atoms with van der Waals surface area (Å²) in [6, 6.07) is 0.211. The number of nitrogens with one attached hydrogen (secondary N) is 2. The molecule has 15 heavy (non-hydrogen) atoms. The zero-order valence-electron chi connectivity index (χ0n) is 8.75. The van der Waals surface area contributed by atoms with Crippen molar-refractivity contribution in [2.24, 2.45) is 0 Å². The van der Waals surface area contributed by atoms with E-state index in [2.05, 4.69) is 15.6 Å². The number of hydrogen-bond acceptors (Lipinski definition) is 4. The molecule has 5 heteroatoms. The van der Waals surface area contributed by atoms with Gasteiger partial charge >= 0.3 is 0 Å². The average molecular weight is 209 g/mol. The molecule has 1 aromatic rings. The van der Waals surface area contributed by atoms with E-state index < -0.39 is 0 Å². The molecule has 2 rings (SSSR count). The van der Waals surface area contributed by atoms with Gasteiger partial charge in [-0.3, -0.25) is 4.79 Å². The van der Waals surface area contributed by atoms with Crippen LogP contribution in [0.25, 0.3) is 0 Å². The monoisotopic (exact) mass is 209 g/mol. The van der Waals surface area contributed by atoms with Gasteiger partial charge in [-0.15, -0.1) is 0 Å². The molecule has 1 aliphatic heterocycles. The number of oxazole rings is 1. The number of aryl methyl sites for hydroxylation is 1. The van der Waals surface area contributed by atoms with Crippen molar-refractivity contribution in [3.05, 3.63) is 17.8 Å². The molecular weight excluding hydrogens is 194 g/mol. The van der Waals surface area contributed by atoms with Gasteiger partial charge in [-0.25, -0.2) is 4.98 Å². The molecule has 82 valence electrons. The molecule has 0 bridgehead atoms. The van der Waals surface area contributed by atoms with Gasteiger partial charge in [-0.05, 0) is 19.4 Å². The zero-order valence-corrected chi connectivity index (χ0v) is 8.75. The van der Waals surface area contributed by atoms with E-state index in [4.69, 9.17) is 4.42 Å². The van der Waals surface area contributed by atoms with Crippen LogP contribution in [0.5, 0.6) is 0 Å². The SMILES string of the molecule is Cc1nc(C(=O)NC2CCCNC2)co1.